The molecule has 2 rings (SSSR count). The predicted octanol–water partition coefficient (Wildman–Crippen LogP) is 3.26. The van der Waals surface area contributed by atoms with Crippen LogP contribution in [0.1, 0.15) is 11.1 Å². The van der Waals surface area contributed by atoms with E-state index >= 15 is 0 Å². The first-order valence-corrected chi connectivity index (χ1v) is 7.59. The maximum atomic E-state index is 12.9. The summed E-state index contributed by atoms with van der Waals surface area (Å²) in [5.74, 6) is -0.514. The first-order chi connectivity index (χ1) is 9.70. The van der Waals surface area contributed by atoms with Gasteiger partial charge in [-0.25, -0.2) is 8.42 Å². The van der Waals surface area contributed by atoms with Crippen molar-refractivity contribution in [1.29, 1.82) is 0 Å². The highest BCUT2D eigenvalue weighted by Crippen LogP contribution is 2.35. The zero-order valence-corrected chi connectivity index (χ0v) is 11.6. The standard InChI is InChI=1S/C14H12F3NO2S/c15-14(16,17)12-3-1-2-4-13(12)21(19,20)9-10-5-7-11(18)8-6-10/h1-8H,9,18H2. The lowest BCUT2D eigenvalue weighted by Gasteiger charge is -2.13. The van der Waals surface area contributed by atoms with Gasteiger partial charge in [-0.15, -0.1) is 0 Å². The fourth-order valence-corrected chi connectivity index (χ4v) is 3.47. The highest BCUT2D eigenvalue weighted by Gasteiger charge is 2.36. The lowest BCUT2D eigenvalue weighted by molar-refractivity contribution is -0.139. The van der Waals surface area contributed by atoms with Crippen LogP contribution in [0.2, 0.25) is 0 Å². The maximum Gasteiger partial charge on any atom is 0.417 e. The van der Waals surface area contributed by atoms with E-state index in [1.54, 1.807) is 0 Å². The van der Waals surface area contributed by atoms with E-state index in [0.29, 0.717) is 11.3 Å². The summed E-state index contributed by atoms with van der Waals surface area (Å²) >= 11 is 0. The molecule has 7 heteroatoms. The van der Waals surface area contributed by atoms with Crippen LogP contribution in [0.4, 0.5) is 18.9 Å². The molecule has 0 heterocycles. The minimum absolute atomic E-state index is 0.376. The summed E-state index contributed by atoms with van der Waals surface area (Å²) in [5.41, 5.74) is 5.16. The Labute approximate surface area is 120 Å². The van der Waals surface area contributed by atoms with Crippen molar-refractivity contribution < 1.29 is 21.6 Å². The number of alkyl halides is 3. The minimum Gasteiger partial charge on any atom is -0.399 e. The van der Waals surface area contributed by atoms with Crippen LogP contribution >= 0.6 is 0 Å². The number of benzene rings is 2. The molecule has 0 radical (unpaired) electrons. The quantitative estimate of drug-likeness (QED) is 0.884. The molecule has 0 bridgehead atoms. The number of nitrogen functional groups attached to an aromatic ring is 1. The Morgan fingerprint density at radius 2 is 1.52 bits per heavy atom. The van der Waals surface area contributed by atoms with E-state index < -0.39 is 32.2 Å². The van der Waals surface area contributed by atoms with Crippen molar-refractivity contribution in [1.82, 2.24) is 0 Å². The number of hydrogen-bond acceptors (Lipinski definition) is 3. The maximum absolute atomic E-state index is 12.9. The molecule has 2 aromatic carbocycles. The molecule has 0 amide bonds. The van der Waals surface area contributed by atoms with Gasteiger partial charge in [0.15, 0.2) is 9.84 Å². The number of anilines is 1. The minimum atomic E-state index is -4.72. The summed E-state index contributed by atoms with van der Waals surface area (Å²) in [7, 11) is -4.10. The van der Waals surface area contributed by atoms with E-state index in [1.807, 2.05) is 0 Å². The van der Waals surface area contributed by atoms with Crippen LogP contribution in [0.3, 0.4) is 0 Å². The molecule has 0 saturated carbocycles. The lowest BCUT2D eigenvalue weighted by atomic mass is 10.2. The largest absolute Gasteiger partial charge is 0.417 e. The van der Waals surface area contributed by atoms with Gasteiger partial charge in [0.25, 0.3) is 0 Å². The summed E-state index contributed by atoms with van der Waals surface area (Å²) in [4.78, 5) is -0.714. The second kappa shape index (κ2) is 5.40. The Morgan fingerprint density at radius 3 is 2.10 bits per heavy atom. The first-order valence-electron chi connectivity index (χ1n) is 5.93. The van der Waals surface area contributed by atoms with Gasteiger partial charge >= 0.3 is 6.18 Å². The zero-order valence-electron chi connectivity index (χ0n) is 10.8. The van der Waals surface area contributed by atoms with Gasteiger partial charge in [0.05, 0.1) is 16.2 Å². The number of nitrogens with two attached hydrogens (primary N) is 1. The molecule has 3 nitrogen and oxygen atoms in total. The van der Waals surface area contributed by atoms with Crippen LogP contribution < -0.4 is 5.73 Å². The van der Waals surface area contributed by atoms with Gasteiger partial charge in [0.1, 0.15) is 0 Å². The van der Waals surface area contributed by atoms with Crippen LogP contribution in [-0.4, -0.2) is 8.42 Å². The van der Waals surface area contributed by atoms with Gasteiger partial charge in [-0.1, -0.05) is 24.3 Å². The Bertz CT molecular complexity index is 738. The molecule has 0 atom stereocenters. The van der Waals surface area contributed by atoms with Crippen LogP contribution in [0.5, 0.6) is 0 Å². The average Bonchev–Trinajstić information content (AvgIpc) is 2.40. The van der Waals surface area contributed by atoms with E-state index in [0.717, 1.165) is 18.2 Å². The molecule has 0 unspecified atom stereocenters. The van der Waals surface area contributed by atoms with Gasteiger partial charge in [-0.3, -0.25) is 0 Å². The number of sulfone groups is 1. The Hall–Kier alpha value is -2.02. The van der Waals surface area contributed by atoms with E-state index in [2.05, 4.69) is 0 Å². The highest BCUT2D eigenvalue weighted by molar-refractivity contribution is 7.90. The van der Waals surface area contributed by atoms with Crippen molar-refractivity contribution >= 4 is 15.5 Å². The van der Waals surface area contributed by atoms with Gasteiger partial charge in [-0.2, -0.15) is 13.2 Å². The van der Waals surface area contributed by atoms with Crippen LogP contribution in [0.15, 0.2) is 53.4 Å². The summed E-state index contributed by atoms with van der Waals surface area (Å²) in [6.45, 7) is 0. The first kappa shape index (κ1) is 15.4. The molecule has 0 aliphatic carbocycles. The third-order valence-electron chi connectivity index (χ3n) is 2.86. The van der Waals surface area contributed by atoms with Crippen molar-refractivity contribution in [2.75, 3.05) is 5.73 Å². The summed E-state index contributed by atoms with van der Waals surface area (Å²) in [6.07, 6.45) is -4.72. The molecule has 0 aromatic heterocycles. The molecule has 21 heavy (non-hydrogen) atoms. The number of hydrogen-bond donors (Lipinski definition) is 1. The van der Waals surface area contributed by atoms with Crippen LogP contribution in [-0.2, 0) is 21.8 Å². The van der Waals surface area contributed by atoms with Gasteiger partial charge in [0.2, 0.25) is 0 Å². The monoisotopic (exact) mass is 315 g/mol. The third kappa shape index (κ3) is 3.55. The summed E-state index contributed by atoms with van der Waals surface area (Å²) in [5, 5.41) is 0. The fourth-order valence-electron chi connectivity index (χ4n) is 1.88. The average molecular weight is 315 g/mol. The molecule has 2 aromatic rings. The molecule has 0 spiro atoms. The third-order valence-corrected chi connectivity index (χ3v) is 4.60. The van der Waals surface area contributed by atoms with Crippen molar-refractivity contribution in [2.45, 2.75) is 16.8 Å². The number of rotatable bonds is 3. The highest BCUT2D eigenvalue weighted by atomic mass is 32.2. The van der Waals surface area contributed by atoms with Gasteiger partial charge in [0, 0.05) is 5.69 Å². The normalized spacial score (nSPS) is 12.3. The lowest BCUT2D eigenvalue weighted by Crippen LogP contribution is -2.14. The van der Waals surface area contributed by atoms with Crippen molar-refractivity contribution in [2.24, 2.45) is 0 Å². The topological polar surface area (TPSA) is 60.2 Å². The summed E-state index contributed by atoms with van der Waals surface area (Å²) < 4.78 is 63.1. The molecule has 2 N–H and O–H groups in total. The SMILES string of the molecule is Nc1ccc(CS(=O)(=O)c2ccccc2C(F)(F)F)cc1. The number of halogens is 3. The Balaban J connectivity index is 2.43. The molecular weight excluding hydrogens is 303 g/mol. The van der Waals surface area contributed by atoms with Gasteiger partial charge in [-0.05, 0) is 29.8 Å². The smallest absolute Gasteiger partial charge is 0.399 e. The van der Waals surface area contributed by atoms with Crippen LogP contribution in [0.25, 0.3) is 0 Å². The summed E-state index contributed by atoms with van der Waals surface area (Å²) in [6, 6.07) is 10.1. The molecule has 0 fully saturated rings. The van der Waals surface area contributed by atoms with E-state index in [1.165, 1.54) is 30.3 Å². The molecule has 112 valence electrons. The predicted molar refractivity (Wildman–Crippen MR) is 73.2 cm³/mol. The zero-order chi connectivity index (χ0) is 15.7. The fraction of sp³-hybridized carbons (Fsp3) is 0.143. The molecule has 0 aliphatic heterocycles. The van der Waals surface area contributed by atoms with Crippen LogP contribution in [0, 0.1) is 0 Å². The Kier molecular flexibility index (Phi) is 3.95. The second-order valence-electron chi connectivity index (χ2n) is 4.49. The van der Waals surface area contributed by atoms with E-state index in [-0.39, 0.29) is 0 Å². The van der Waals surface area contributed by atoms with Crippen molar-refractivity contribution in [3.05, 3.63) is 59.7 Å². The van der Waals surface area contributed by atoms with E-state index in [9.17, 15) is 21.6 Å². The van der Waals surface area contributed by atoms with Crippen molar-refractivity contribution in [3.8, 4) is 0 Å². The second-order valence-corrected chi connectivity index (χ2v) is 6.45. The molecule has 0 saturated heterocycles. The van der Waals surface area contributed by atoms with E-state index in [4.69, 9.17) is 5.73 Å². The Morgan fingerprint density at radius 1 is 0.952 bits per heavy atom. The molecule has 0 aliphatic rings. The van der Waals surface area contributed by atoms with Crippen molar-refractivity contribution in [3.63, 3.8) is 0 Å². The molecular formula is C14H12F3NO2S. The van der Waals surface area contributed by atoms with Gasteiger partial charge < -0.3 is 5.73 Å².